The Kier molecular flexibility index (Phi) is 8.72. The lowest BCUT2D eigenvalue weighted by molar-refractivity contribution is 0.953. The zero-order valence-corrected chi connectivity index (χ0v) is 37.0. The standard InChI is InChI=1S/C61H38N8/c1-4-15-39(16-5-1)59-64-60(40-17-6-2-7-18-40)66-61(65-59)69-54-26-13-11-22-46(54)49-36-42(28-31-57(49)69)52-24-14-23-51(63-52)41-27-30-55-48(35-41)45-21-10-12-25-53(45)68(55)44-29-32-56-50(37-44)47-33-34-62-38-58(47)67(56)43-19-8-3-9-20-43/h1-38H. The molecule has 322 valence electrons. The molecule has 8 heteroatoms. The maximum atomic E-state index is 5.34. The van der Waals surface area contributed by atoms with E-state index < -0.39 is 0 Å². The summed E-state index contributed by atoms with van der Waals surface area (Å²) in [6.45, 7) is 0. The highest BCUT2D eigenvalue weighted by Crippen LogP contribution is 2.39. The number of nitrogens with zero attached hydrogens (tertiary/aromatic N) is 8. The van der Waals surface area contributed by atoms with Crippen molar-refractivity contribution in [3.63, 3.8) is 0 Å². The highest BCUT2D eigenvalue weighted by molar-refractivity contribution is 6.13. The molecule has 0 saturated heterocycles. The van der Waals surface area contributed by atoms with Crippen LogP contribution in [-0.2, 0) is 0 Å². The lowest BCUT2D eigenvalue weighted by Crippen LogP contribution is -2.06. The van der Waals surface area contributed by atoms with Crippen LogP contribution in [0.2, 0.25) is 0 Å². The van der Waals surface area contributed by atoms with Gasteiger partial charge in [0.25, 0.3) is 0 Å². The molecule has 0 unspecified atom stereocenters. The third-order valence-corrected chi connectivity index (χ3v) is 13.4. The Hall–Kier alpha value is -9.53. The maximum absolute atomic E-state index is 5.34. The topological polar surface area (TPSA) is 79.2 Å². The molecule has 6 aromatic heterocycles. The predicted molar refractivity (Wildman–Crippen MR) is 280 cm³/mol. The Morgan fingerprint density at radius 1 is 0.275 bits per heavy atom. The molecule has 8 aromatic carbocycles. The van der Waals surface area contributed by atoms with Crippen molar-refractivity contribution in [3.8, 4) is 62.6 Å². The van der Waals surface area contributed by atoms with E-state index in [0.29, 0.717) is 17.6 Å². The monoisotopic (exact) mass is 882 g/mol. The summed E-state index contributed by atoms with van der Waals surface area (Å²) >= 11 is 0. The van der Waals surface area contributed by atoms with Crippen LogP contribution in [0.4, 0.5) is 0 Å². The molecule has 0 bridgehead atoms. The van der Waals surface area contributed by atoms with Gasteiger partial charge in [0.15, 0.2) is 11.6 Å². The van der Waals surface area contributed by atoms with E-state index in [0.717, 1.165) is 88.9 Å². The van der Waals surface area contributed by atoms with Crippen molar-refractivity contribution in [2.75, 3.05) is 0 Å². The van der Waals surface area contributed by atoms with E-state index in [1.165, 1.54) is 21.5 Å². The fourth-order valence-corrected chi connectivity index (χ4v) is 10.3. The number of rotatable bonds is 7. The molecular weight excluding hydrogens is 845 g/mol. The molecule has 0 atom stereocenters. The summed E-state index contributed by atoms with van der Waals surface area (Å²) < 4.78 is 6.85. The lowest BCUT2D eigenvalue weighted by Gasteiger charge is -2.11. The molecule has 0 radical (unpaired) electrons. The maximum Gasteiger partial charge on any atom is 0.238 e. The zero-order chi connectivity index (χ0) is 45.4. The molecule has 0 saturated carbocycles. The van der Waals surface area contributed by atoms with Gasteiger partial charge in [-0.2, -0.15) is 9.97 Å². The lowest BCUT2D eigenvalue weighted by atomic mass is 10.0. The Morgan fingerprint density at radius 3 is 1.38 bits per heavy atom. The van der Waals surface area contributed by atoms with Crippen LogP contribution in [0.5, 0.6) is 0 Å². The van der Waals surface area contributed by atoms with E-state index in [9.17, 15) is 0 Å². The van der Waals surface area contributed by atoms with E-state index in [1.54, 1.807) is 0 Å². The number of para-hydroxylation sites is 3. The summed E-state index contributed by atoms with van der Waals surface area (Å²) in [6.07, 6.45) is 3.85. The minimum Gasteiger partial charge on any atom is -0.309 e. The molecular formula is C61H38N8. The van der Waals surface area contributed by atoms with Crippen molar-refractivity contribution < 1.29 is 0 Å². The van der Waals surface area contributed by atoms with Gasteiger partial charge in [0.1, 0.15) is 0 Å². The van der Waals surface area contributed by atoms with E-state index in [4.69, 9.17) is 19.9 Å². The van der Waals surface area contributed by atoms with Crippen molar-refractivity contribution in [3.05, 3.63) is 231 Å². The van der Waals surface area contributed by atoms with Gasteiger partial charge in [0.05, 0.1) is 50.7 Å². The van der Waals surface area contributed by atoms with E-state index >= 15 is 0 Å². The van der Waals surface area contributed by atoms with Gasteiger partial charge in [-0.25, -0.2) is 9.97 Å². The first-order valence-corrected chi connectivity index (χ1v) is 23.1. The van der Waals surface area contributed by atoms with Crippen molar-refractivity contribution in [2.24, 2.45) is 0 Å². The van der Waals surface area contributed by atoms with Gasteiger partial charge in [-0.05, 0) is 84.9 Å². The van der Waals surface area contributed by atoms with Crippen LogP contribution in [0.25, 0.3) is 128 Å². The number of fused-ring (bicyclic) bond motifs is 9. The van der Waals surface area contributed by atoms with Gasteiger partial charge in [0, 0.05) is 72.1 Å². The van der Waals surface area contributed by atoms with E-state index in [-0.39, 0.29) is 0 Å². The van der Waals surface area contributed by atoms with Crippen LogP contribution in [0.3, 0.4) is 0 Å². The average molecular weight is 883 g/mol. The van der Waals surface area contributed by atoms with Gasteiger partial charge in [0.2, 0.25) is 5.95 Å². The summed E-state index contributed by atoms with van der Waals surface area (Å²) in [5.41, 5.74) is 14.5. The van der Waals surface area contributed by atoms with E-state index in [1.807, 2.05) is 73.1 Å². The quantitative estimate of drug-likeness (QED) is 0.159. The highest BCUT2D eigenvalue weighted by atomic mass is 15.2. The van der Waals surface area contributed by atoms with Gasteiger partial charge in [-0.1, -0.05) is 133 Å². The second-order valence-electron chi connectivity index (χ2n) is 17.4. The summed E-state index contributed by atoms with van der Waals surface area (Å²) in [5, 5.41) is 6.90. The molecule has 8 nitrogen and oxygen atoms in total. The minimum absolute atomic E-state index is 0.562. The molecule has 0 aliphatic heterocycles. The molecule has 0 amide bonds. The number of aromatic nitrogens is 8. The fourth-order valence-electron chi connectivity index (χ4n) is 10.3. The molecule has 0 spiro atoms. The third kappa shape index (κ3) is 6.27. The van der Waals surface area contributed by atoms with Crippen molar-refractivity contribution in [1.82, 2.24) is 38.6 Å². The zero-order valence-electron chi connectivity index (χ0n) is 37.0. The second kappa shape index (κ2) is 15.5. The summed E-state index contributed by atoms with van der Waals surface area (Å²) in [6, 6.07) is 76.4. The van der Waals surface area contributed by atoms with Crippen molar-refractivity contribution >= 4 is 65.4 Å². The van der Waals surface area contributed by atoms with Gasteiger partial charge in [-0.3, -0.25) is 9.55 Å². The Balaban J connectivity index is 0.871. The molecule has 14 aromatic rings. The molecule has 0 aliphatic rings. The van der Waals surface area contributed by atoms with Crippen LogP contribution < -0.4 is 0 Å². The van der Waals surface area contributed by atoms with Crippen LogP contribution in [0.1, 0.15) is 0 Å². The average Bonchev–Trinajstić information content (AvgIpc) is 4.06. The molecule has 6 heterocycles. The molecule has 14 rings (SSSR count). The number of hydrogen-bond donors (Lipinski definition) is 0. The molecule has 0 fully saturated rings. The first-order chi connectivity index (χ1) is 34.2. The normalized spacial score (nSPS) is 11.8. The first kappa shape index (κ1) is 38.7. The number of benzene rings is 8. The molecule has 0 N–H and O–H groups in total. The van der Waals surface area contributed by atoms with Crippen LogP contribution in [-0.4, -0.2) is 38.6 Å². The minimum atomic E-state index is 0.562. The largest absolute Gasteiger partial charge is 0.309 e. The summed E-state index contributed by atoms with van der Waals surface area (Å²) in [7, 11) is 0. The van der Waals surface area contributed by atoms with Crippen molar-refractivity contribution in [2.45, 2.75) is 0 Å². The SMILES string of the molecule is c1ccc(-c2nc(-c3ccccc3)nc(-n3c4ccccc4c4cc(-c5cccc(-c6ccc7c(c6)c6ccccc6n7-c6ccc7c(c6)c6ccncc6n7-c6ccccc6)n5)ccc43)n2)cc1. The molecule has 69 heavy (non-hydrogen) atoms. The Morgan fingerprint density at radius 2 is 0.754 bits per heavy atom. The Labute approximate surface area is 395 Å². The fraction of sp³-hybridized carbons (Fsp3) is 0. The summed E-state index contributed by atoms with van der Waals surface area (Å²) in [4.78, 5) is 25.1. The third-order valence-electron chi connectivity index (χ3n) is 13.4. The van der Waals surface area contributed by atoms with Crippen LogP contribution in [0, 0.1) is 0 Å². The number of hydrogen-bond acceptors (Lipinski definition) is 5. The smallest absolute Gasteiger partial charge is 0.238 e. The van der Waals surface area contributed by atoms with Gasteiger partial charge in [-0.15, -0.1) is 0 Å². The highest BCUT2D eigenvalue weighted by Gasteiger charge is 2.20. The van der Waals surface area contributed by atoms with Crippen LogP contribution >= 0.6 is 0 Å². The first-order valence-electron chi connectivity index (χ1n) is 23.1. The predicted octanol–water partition coefficient (Wildman–Crippen LogP) is 14.6. The summed E-state index contributed by atoms with van der Waals surface area (Å²) in [5.74, 6) is 1.80. The van der Waals surface area contributed by atoms with Crippen LogP contribution in [0.15, 0.2) is 231 Å². The molecule has 0 aliphatic carbocycles. The van der Waals surface area contributed by atoms with Gasteiger partial charge < -0.3 is 9.13 Å². The van der Waals surface area contributed by atoms with E-state index in [2.05, 4.69) is 176 Å². The Bertz CT molecular complexity index is 4250. The van der Waals surface area contributed by atoms with Gasteiger partial charge >= 0.3 is 0 Å². The second-order valence-corrected chi connectivity index (χ2v) is 17.4. The van der Waals surface area contributed by atoms with Crippen molar-refractivity contribution in [1.29, 1.82) is 0 Å². The number of pyridine rings is 2.